The Balaban J connectivity index is 2.44. The number of nitrogens with zero attached hydrogens (tertiary/aromatic N) is 1. The molecule has 0 saturated heterocycles. The van der Waals surface area contributed by atoms with Crippen molar-refractivity contribution in [2.45, 2.75) is 37.2 Å². The van der Waals surface area contributed by atoms with E-state index in [0.717, 1.165) is 26.4 Å². The third-order valence-electron chi connectivity index (χ3n) is 5.33. The Labute approximate surface area is 210 Å². The van der Waals surface area contributed by atoms with Gasteiger partial charge in [-0.05, 0) is 29.3 Å². The number of esters is 2. The van der Waals surface area contributed by atoms with E-state index >= 15 is 0 Å². The van der Waals surface area contributed by atoms with Crippen molar-refractivity contribution in [3.05, 3.63) is 74.8 Å². The maximum atomic E-state index is 13.1. The smallest absolute Gasteiger partial charge is 0.416 e. The summed E-state index contributed by atoms with van der Waals surface area (Å²) in [4.78, 5) is 47.5. The van der Waals surface area contributed by atoms with Crippen LogP contribution in [0.1, 0.15) is 34.6 Å². The highest BCUT2D eigenvalue weighted by Crippen LogP contribution is 2.36. The van der Waals surface area contributed by atoms with Crippen molar-refractivity contribution in [3.8, 4) is 0 Å². The molecule has 38 heavy (non-hydrogen) atoms. The minimum atomic E-state index is -5.14. The molecule has 0 aliphatic heterocycles. The molecule has 2 atom stereocenters. The largest absolute Gasteiger partial charge is 0.469 e. The van der Waals surface area contributed by atoms with Gasteiger partial charge in [0.1, 0.15) is 6.04 Å². The third kappa shape index (κ3) is 7.91. The van der Waals surface area contributed by atoms with Crippen molar-refractivity contribution in [3.63, 3.8) is 0 Å². The Morgan fingerprint density at radius 1 is 0.921 bits per heavy atom. The van der Waals surface area contributed by atoms with Gasteiger partial charge in [0.2, 0.25) is 5.91 Å². The summed E-state index contributed by atoms with van der Waals surface area (Å²) in [5.74, 6) is -4.36. The van der Waals surface area contributed by atoms with E-state index in [4.69, 9.17) is 0 Å². The van der Waals surface area contributed by atoms with Crippen LogP contribution in [-0.2, 0) is 42.6 Å². The van der Waals surface area contributed by atoms with Crippen LogP contribution in [0, 0.1) is 10.1 Å². The number of benzene rings is 2. The van der Waals surface area contributed by atoms with Gasteiger partial charge in [0, 0.05) is 18.1 Å². The average Bonchev–Trinajstić information content (AvgIpc) is 2.84. The molecular weight excluding hydrogens is 530 g/mol. The predicted molar refractivity (Wildman–Crippen MR) is 117 cm³/mol. The van der Waals surface area contributed by atoms with Gasteiger partial charge in [0.25, 0.3) is 5.69 Å². The molecule has 2 aromatic rings. The molecule has 0 aliphatic rings. The number of hydrogen-bond donors (Lipinski definition) is 1. The van der Waals surface area contributed by atoms with E-state index in [1.54, 1.807) is 0 Å². The molecule has 0 unspecified atom stereocenters. The first kappa shape index (κ1) is 30.1. The van der Waals surface area contributed by atoms with Crippen LogP contribution in [0.4, 0.5) is 32.0 Å². The van der Waals surface area contributed by atoms with Gasteiger partial charge in [-0.1, -0.05) is 12.1 Å². The molecule has 1 amide bonds. The molecule has 206 valence electrons. The number of alkyl halides is 6. The van der Waals surface area contributed by atoms with E-state index in [-0.39, 0.29) is 17.3 Å². The van der Waals surface area contributed by atoms with Crippen LogP contribution in [0.2, 0.25) is 0 Å². The maximum absolute atomic E-state index is 13.1. The number of ether oxygens (including phenoxy) is 2. The van der Waals surface area contributed by atoms with Gasteiger partial charge < -0.3 is 14.8 Å². The molecule has 0 aromatic heterocycles. The second-order valence-corrected chi connectivity index (χ2v) is 7.89. The number of carbonyl (C=O) groups excluding carboxylic acids is 3. The molecule has 1 N–H and O–H groups in total. The van der Waals surface area contributed by atoms with Gasteiger partial charge in [-0.15, -0.1) is 0 Å². The molecule has 2 aromatic carbocycles. The molecule has 0 saturated carbocycles. The Morgan fingerprint density at radius 2 is 1.45 bits per heavy atom. The molecule has 0 bridgehead atoms. The highest BCUT2D eigenvalue weighted by atomic mass is 19.4. The van der Waals surface area contributed by atoms with Crippen LogP contribution in [0.15, 0.2) is 42.5 Å². The zero-order valence-corrected chi connectivity index (χ0v) is 19.7. The molecule has 0 heterocycles. The average molecular weight is 550 g/mol. The van der Waals surface area contributed by atoms with Crippen molar-refractivity contribution >= 4 is 23.5 Å². The highest BCUT2D eigenvalue weighted by molar-refractivity contribution is 5.87. The standard InChI is InChI=1S/C23H20F6N2O7/c1-37-19(33)11-17(13-3-5-16(6-4-13)31(35)36)20(21(34)38-2)30-18(32)9-12-7-14(22(24,25)26)10-15(8-12)23(27,28)29/h3-8,10,17,20H,9,11H2,1-2H3,(H,30,32)/t17-,20-/m0/s1. The molecule has 15 heteroatoms. The first-order chi connectivity index (χ1) is 17.6. The molecule has 0 aliphatic carbocycles. The van der Waals surface area contributed by atoms with Crippen LogP contribution >= 0.6 is 0 Å². The number of amides is 1. The summed E-state index contributed by atoms with van der Waals surface area (Å²) in [5.41, 5.74) is -4.08. The number of nitro benzene ring substituents is 1. The number of hydrogen-bond acceptors (Lipinski definition) is 7. The maximum Gasteiger partial charge on any atom is 0.416 e. The van der Waals surface area contributed by atoms with Crippen molar-refractivity contribution in [1.82, 2.24) is 5.32 Å². The van der Waals surface area contributed by atoms with E-state index < -0.39 is 76.6 Å². The fourth-order valence-corrected chi connectivity index (χ4v) is 3.52. The number of methoxy groups -OCH3 is 2. The number of carbonyl (C=O) groups is 3. The normalized spacial score (nSPS) is 13.3. The molecule has 9 nitrogen and oxygen atoms in total. The molecule has 0 spiro atoms. The second kappa shape index (κ2) is 11.9. The Bertz CT molecular complexity index is 1160. The quantitative estimate of drug-likeness (QED) is 0.215. The monoisotopic (exact) mass is 550 g/mol. The zero-order chi connectivity index (χ0) is 28.8. The summed E-state index contributed by atoms with van der Waals surface area (Å²) in [6.45, 7) is 0. The summed E-state index contributed by atoms with van der Waals surface area (Å²) in [6.07, 6.45) is -11.8. The molecule has 2 rings (SSSR count). The van der Waals surface area contributed by atoms with Gasteiger partial charge in [0.15, 0.2) is 0 Å². The van der Waals surface area contributed by atoms with E-state index in [1.165, 1.54) is 12.1 Å². The number of non-ortho nitro benzene ring substituents is 1. The lowest BCUT2D eigenvalue weighted by Crippen LogP contribution is -2.46. The fourth-order valence-electron chi connectivity index (χ4n) is 3.52. The predicted octanol–water partition coefficient (Wildman–Crippen LogP) is 4.18. The lowest BCUT2D eigenvalue weighted by atomic mass is 9.88. The number of halogens is 6. The van der Waals surface area contributed by atoms with Crippen molar-refractivity contribution in [2.24, 2.45) is 0 Å². The first-order valence-corrected chi connectivity index (χ1v) is 10.5. The lowest BCUT2D eigenvalue weighted by Gasteiger charge is -2.26. The van der Waals surface area contributed by atoms with Crippen molar-refractivity contribution in [2.75, 3.05) is 14.2 Å². The van der Waals surface area contributed by atoms with E-state index in [1.807, 2.05) is 0 Å². The minimum absolute atomic E-state index is 0.0976. The van der Waals surface area contributed by atoms with Gasteiger partial charge in [-0.2, -0.15) is 26.3 Å². The molecule has 0 radical (unpaired) electrons. The van der Waals surface area contributed by atoms with E-state index in [0.29, 0.717) is 12.1 Å². The highest BCUT2D eigenvalue weighted by Gasteiger charge is 2.38. The second-order valence-electron chi connectivity index (χ2n) is 7.89. The summed E-state index contributed by atoms with van der Waals surface area (Å²) in [6, 6.07) is 3.51. The van der Waals surface area contributed by atoms with Crippen LogP contribution in [0.25, 0.3) is 0 Å². The van der Waals surface area contributed by atoms with Crippen LogP contribution in [-0.4, -0.2) is 43.0 Å². The van der Waals surface area contributed by atoms with Crippen LogP contribution < -0.4 is 5.32 Å². The van der Waals surface area contributed by atoms with Gasteiger partial charge >= 0.3 is 24.3 Å². The fraction of sp³-hybridized carbons (Fsp3) is 0.348. The van der Waals surface area contributed by atoms with Gasteiger partial charge in [-0.3, -0.25) is 19.7 Å². The lowest BCUT2D eigenvalue weighted by molar-refractivity contribution is -0.384. The van der Waals surface area contributed by atoms with Gasteiger partial charge in [0.05, 0.1) is 43.1 Å². The SMILES string of the molecule is COC(=O)C[C@@H](c1ccc([N+](=O)[O-])cc1)[C@H](NC(=O)Cc1cc(C(F)(F)F)cc(C(F)(F)F)c1)C(=O)OC. The van der Waals surface area contributed by atoms with Crippen molar-refractivity contribution in [1.29, 1.82) is 0 Å². The van der Waals surface area contributed by atoms with Gasteiger partial charge in [-0.25, -0.2) is 4.79 Å². The number of nitrogens with one attached hydrogen (secondary N) is 1. The number of nitro groups is 1. The first-order valence-electron chi connectivity index (χ1n) is 10.5. The topological polar surface area (TPSA) is 125 Å². The minimum Gasteiger partial charge on any atom is -0.469 e. The molecular formula is C23H20F6N2O7. The Kier molecular flexibility index (Phi) is 9.43. The number of rotatable bonds is 9. The van der Waals surface area contributed by atoms with Crippen LogP contribution in [0.5, 0.6) is 0 Å². The van der Waals surface area contributed by atoms with Crippen molar-refractivity contribution < 1.29 is 55.1 Å². The summed E-state index contributed by atoms with van der Waals surface area (Å²) in [7, 11) is 1.97. The summed E-state index contributed by atoms with van der Waals surface area (Å²) in [5, 5.41) is 13.1. The summed E-state index contributed by atoms with van der Waals surface area (Å²) >= 11 is 0. The zero-order valence-electron chi connectivity index (χ0n) is 19.7. The van der Waals surface area contributed by atoms with E-state index in [2.05, 4.69) is 14.8 Å². The Hall–Kier alpha value is -4.17. The Morgan fingerprint density at radius 3 is 1.87 bits per heavy atom. The van der Waals surface area contributed by atoms with Crippen LogP contribution in [0.3, 0.4) is 0 Å². The molecule has 0 fully saturated rings. The third-order valence-corrected chi connectivity index (χ3v) is 5.33. The van der Waals surface area contributed by atoms with E-state index in [9.17, 15) is 50.8 Å². The summed E-state index contributed by atoms with van der Waals surface area (Å²) < 4.78 is 88.1.